The normalized spacial score (nSPS) is 14.3. The minimum Gasteiger partial charge on any atom is -0.465 e. The van der Waals surface area contributed by atoms with Crippen molar-refractivity contribution in [2.45, 2.75) is 121 Å². The third-order valence-corrected chi connectivity index (χ3v) is 10.9. The number of hydrogen-bond donors (Lipinski definition) is 7. The van der Waals surface area contributed by atoms with Gasteiger partial charge in [-0.3, -0.25) is 10.1 Å². The van der Waals surface area contributed by atoms with Gasteiger partial charge in [0.05, 0.1) is 23.3 Å². The fraction of sp³-hybridized carbons (Fsp3) is 0.467. The fourth-order valence-electron chi connectivity index (χ4n) is 6.37. The molecule has 0 spiro atoms. The second kappa shape index (κ2) is 24.1. The number of oxime groups is 1. The summed E-state index contributed by atoms with van der Waals surface area (Å²) in [4.78, 5) is 56.1. The van der Waals surface area contributed by atoms with Crippen LogP contribution in [0.5, 0.6) is 0 Å². The maximum absolute atomic E-state index is 14.2. The number of benzene rings is 3. The first-order chi connectivity index (χ1) is 29.9. The van der Waals surface area contributed by atoms with Gasteiger partial charge in [0.1, 0.15) is 17.2 Å². The molecule has 3 aromatic rings. The molecule has 0 fully saturated rings. The number of carbonyl (C=O) groups excluding carboxylic acids is 3. The molecule has 0 aliphatic carbocycles. The summed E-state index contributed by atoms with van der Waals surface area (Å²) in [5, 5.41) is 44.2. The molecule has 0 radical (unpaired) electrons. The summed E-state index contributed by atoms with van der Waals surface area (Å²) in [6.07, 6.45) is -3.52. The van der Waals surface area contributed by atoms with E-state index >= 15 is 0 Å². The molecule has 4 amide bonds. The van der Waals surface area contributed by atoms with E-state index in [-0.39, 0.29) is 49.0 Å². The highest BCUT2D eigenvalue weighted by atomic mass is 32.2. The number of nitrogens with one attached hydrogen (secondary N) is 4. The molecule has 3 aromatic carbocycles. The van der Waals surface area contributed by atoms with E-state index in [0.717, 1.165) is 16.1 Å². The molecule has 1 unspecified atom stereocenters. The number of sulfonamides is 1. The first kappa shape index (κ1) is 52.3. The van der Waals surface area contributed by atoms with Crippen LogP contribution < -0.4 is 21.3 Å². The van der Waals surface area contributed by atoms with E-state index in [4.69, 9.17) is 14.7 Å². The fourth-order valence-corrected chi connectivity index (χ4v) is 7.99. The number of aliphatic hydroxyl groups is 1. The quantitative estimate of drug-likeness (QED) is 0.0333. The van der Waals surface area contributed by atoms with Gasteiger partial charge in [-0.2, -0.15) is 4.31 Å². The van der Waals surface area contributed by atoms with Crippen molar-refractivity contribution in [1.29, 1.82) is 0 Å². The summed E-state index contributed by atoms with van der Waals surface area (Å²) >= 11 is 0. The highest BCUT2D eigenvalue weighted by Crippen LogP contribution is 2.20. The Balaban J connectivity index is 1.97. The van der Waals surface area contributed by atoms with Gasteiger partial charge in [-0.25, -0.2) is 22.8 Å². The van der Waals surface area contributed by atoms with Gasteiger partial charge in [0.25, 0.3) is 0 Å². The van der Waals surface area contributed by atoms with Crippen LogP contribution in [0.3, 0.4) is 0 Å². The molecule has 350 valence electrons. The molecular formula is C45H63N7O11S. The minimum absolute atomic E-state index is 0.0201. The number of nitrogens with zero attached hydrogens (tertiary/aromatic N) is 3. The lowest BCUT2D eigenvalue weighted by Gasteiger charge is -2.32. The first-order valence-electron chi connectivity index (χ1n) is 20.9. The van der Waals surface area contributed by atoms with E-state index in [1.165, 1.54) is 24.3 Å². The summed E-state index contributed by atoms with van der Waals surface area (Å²) in [6.45, 7) is 13.2. The number of carbonyl (C=O) groups is 4. The van der Waals surface area contributed by atoms with Crippen LogP contribution in [0.25, 0.3) is 0 Å². The highest BCUT2D eigenvalue weighted by molar-refractivity contribution is 7.89. The van der Waals surface area contributed by atoms with Crippen molar-refractivity contribution in [2.24, 2.45) is 16.1 Å². The maximum Gasteiger partial charge on any atom is 0.437 e. The van der Waals surface area contributed by atoms with E-state index in [2.05, 4.69) is 31.4 Å². The van der Waals surface area contributed by atoms with Gasteiger partial charge in [-0.05, 0) is 102 Å². The molecule has 0 aliphatic rings. The minimum atomic E-state index is -4.19. The zero-order valence-electron chi connectivity index (χ0n) is 37.6. The predicted octanol–water partition coefficient (Wildman–Crippen LogP) is 5.66. The van der Waals surface area contributed by atoms with Crippen molar-refractivity contribution < 1.29 is 52.5 Å². The molecular weight excluding hydrogens is 847 g/mol. The van der Waals surface area contributed by atoms with Crippen LogP contribution >= 0.6 is 0 Å². The van der Waals surface area contributed by atoms with E-state index in [1.807, 2.05) is 44.2 Å². The second-order valence-corrected chi connectivity index (χ2v) is 19.5. The Hall–Kier alpha value is -6.05. The van der Waals surface area contributed by atoms with Crippen molar-refractivity contribution >= 4 is 46.4 Å². The number of rotatable bonds is 19. The summed E-state index contributed by atoms with van der Waals surface area (Å²) in [5.74, 6) is -1.27. The van der Waals surface area contributed by atoms with Gasteiger partial charge >= 0.3 is 18.3 Å². The van der Waals surface area contributed by atoms with Crippen molar-refractivity contribution in [3.8, 4) is 0 Å². The molecule has 0 saturated heterocycles. The molecule has 18 nitrogen and oxygen atoms in total. The summed E-state index contributed by atoms with van der Waals surface area (Å²) < 4.78 is 39.9. The number of hydrogen-bond acceptors (Lipinski definition) is 11. The van der Waals surface area contributed by atoms with Crippen molar-refractivity contribution in [3.05, 3.63) is 102 Å². The van der Waals surface area contributed by atoms with Crippen molar-refractivity contribution in [2.75, 3.05) is 13.1 Å². The number of ether oxygens (including phenoxy) is 2. The Morgan fingerprint density at radius 2 is 1.33 bits per heavy atom. The van der Waals surface area contributed by atoms with Crippen LogP contribution in [-0.4, -0.2) is 113 Å². The lowest BCUT2D eigenvalue weighted by molar-refractivity contribution is -0.124. The third kappa shape index (κ3) is 19.1. The monoisotopic (exact) mass is 909 g/mol. The lowest BCUT2D eigenvalue weighted by Crippen LogP contribution is -2.56. The Bertz CT molecular complexity index is 2140. The van der Waals surface area contributed by atoms with Crippen LogP contribution in [-0.2, 0) is 37.1 Å². The van der Waals surface area contributed by atoms with Crippen LogP contribution in [0, 0.1) is 5.92 Å². The van der Waals surface area contributed by atoms with Crippen LogP contribution in [0.15, 0.2) is 100.0 Å². The number of carboxylic acid groups (broad SMARTS) is 1. The summed E-state index contributed by atoms with van der Waals surface area (Å²) in [7, 11) is -4.19. The molecule has 0 aliphatic heterocycles. The Kier molecular flexibility index (Phi) is 19.7. The topological polar surface area (TPSA) is 258 Å². The first-order valence-corrected chi connectivity index (χ1v) is 22.3. The zero-order chi connectivity index (χ0) is 47.7. The molecule has 7 N–H and O–H groups in total. The average Bonchev–Trinajstić information content (AvgIpc) is 3.18. The van der Waals surface area contributed by atoms with Crippen LogP contribution in [0.1, 0.15) is 84.9 Å². The average molecular weight is 910 g/mol. The largest absolute Gasteiger partial charge is 0.465 e. The number of alkyl carbamates (subject to hydrolysis) is 1. The molecule has 4 atom stereocenters. The van der Waals surface area contributed by atoms with Gasteiger partial charge < -0.3 is 40.8 Å². The van der Waals surface area contributed by atoms with Gasteiger partial charge in [-0.15, -0.1) is 4.99 Å². The van der Waals surface area contributed by atoms with Gasteiger partial charge in [0, 0.05) is 19.1 Å². The Morgan fingerprint density at radius 1 is 0.766 bits per heavy atom. The molecule has 0 heterocycles. The second-order valence-electron chi connectivity index (χ2n) is 17.6. The molecule has 19 heteroatoms. The number of amides is 4. The number of aliphatic imine (C=N–C) groups is 1. The third-order valence-electron chi connectivity index (χ3n) is 9.07. The summed E-state index contributed by atoms with van der Waals surface area (Å²) in [5.41, 5.74) is 0.171. The molecule has 0 aromatic heterocycles. The molecule has 3 rings (SSSR count). The van der Waals surface area contributed by atoms with E-state index in [1.54, 1.807) is 71.9 Å². The lowest BCUT2D eigenvalue weighted by atomic mass is 9.97. The van der Waals surface area contributed by atoms with E-state index in [0.29, 0.717) is 11.1 Å². The maximum atomic E-state index is 14.2. The van der Waals surface area contributed by atoms with Crippen LogP contribution in [0.4, 0.5) is 14.4 Å². The zero-order valence-corrected chi connectivity index (χ0v) is 38.5. The van der Waals surface area contributed by atoms with E-state index in [9.17, 15) is 37.8 Å². The molecule has 0 saturated carbocycles. The number of aliphatic hydroxyl groups excluding tert-OH is 1. The highest BCUT2D eigenvalue weighted by Gasteiger charge is 2.33. The summed E-state index contributed by atoms with van der Waals surface area (Å²) in [6, 6.07) is 20.5. The molecule has 64 heavy (non-hydrogen) atoms. The predicted molar refractivity (Wildman–Crippen MR) is 242 cm³/mol. The smallest absolute Gasteiger partial charge is 0.437 e. The van der Waals surface area contributed by atoms with Gasteiger partial charge in [0.15, 0.2) is 0 Å². The Labute approximate surface area is 375 Å². The van der Waals surface area contributed by atoms with Crippen molar-refractivity contribution in [1.82, 2.24) is 25.6 Å². The SMILES string of the molecule is CC(C)CN(C[C@H](O)[C@H](Cc1ccccc1)NC(=O)[C@H](CCC(Cc1ccccc1)NC(=NC(=O)OC(C)(C)C)NC(=O)OC(C)(C)C)NC(=O)O)S(=O)(=O)c1ccc(C=NO)cc1. The Morgan fingerprint density at radius 3 is 1.84 bits per heavy atom. The van der Waals surface area contributed by atoms with Crippen molar-refractivity contribution in [3.63, 3.8) is 0 Å². The van der Waals surface area contributed by atoms with Crippen LogP contribution in [0.2, 0.25) is 0 Å². The molecule has 0 bridgehead atoms. The van der Waals surface area contributed by atoms with Gasteiger partial charge in [0.2, 0.25) is 21.9 Å². The van der Waals surface area contributed by atoms with E-state index < -0.39 is 76.2 Å². The standard InChI is InChI=1S/C45H63N7O11S/c1-30(2)28-52(64(60,61)35-22-19-33(20-23-35)27-46-59)29-38(53)37(26-32-17-13-10-14-18-32)48-39(54)36(49-41(55)56)24-21-34(25-31-15-11-9-12-16-31)47-40(50-42(57)62-44(3,4)5)51-43(58)63-45(6,7)8/h9-20,22-23,27,30,34,36-38,49,53,59H,21,24-26,28-29H2,1-8H3,(H,48,54)(H,55,56)(H2,47,50,51,57,58)/t34?,36-,37-,38-/m0/s1. The van der Waals surface area contributed by atoms with Gasteiger partial charge in [-0.1, -0.05) is 91.8 Å². The number of guanidine groups is 1.